The molecule has 1 heterocycles. The monoisotopic (exact) mass is 236 g/mol. The van der Waals surface area contributed by atoms with Crippen molar-refractivity contribution >= 4 is 11.8 Å². The van der Waals surface area contributed by atoms with Crippen LogP contribution in [0, 0.1) is 0 Å². The van der Waals surface area contributed by atoms with Gasteiger partial charge in [0.1, 0.15) is 0 Å². The first-order valence-electron chi connectivity index (χ1n) is 6.19. The summed E-state index contributed by atoms with van der Waals surface area (Å²) in [6.07, 6.45) is 9.60. The van der Waals surface area contributed by atoms with Crippen molar-refractivity contribution in [1.29, 1.82) is 0 Å². The standard InChI is InChI=1S/C13H20N2S/c14-11-7-3-1-2-4-8-12(11)16-13-9-5-6-10-15-13/h5-6,9-12H,1-4,7-8,14H2. The van der Waals surface area contributed by atoms with E-state index in [-0.39, 0.29) is 0 Å². The summed E-state index contributed by atoms with van der Waals surface area (Å²) < 4.78 is 0. The van der Waals surface area contributed by atoms with E-state index in [0.717, 1.165) is 5.03 Å². The molecule has 2 nitrogen and oxygen atoms in total. The van der Waals surface area contributed by atoms with Crippen LogP contribution in [0.4, 0.5) is 0 Å². The lowest BCUT2D eigenvalue weighted by Crippen LogP contribution is -2.33. The van der Waals surface area contributed by atoms with Crippen molar-refractivity contribution < 1.29 is 0 Å². The Morgan fingerprint density at radius 2 is 1.94 bits per heavy atom. The second-order valence-corrected chi connectivity index (χ2v) is 5.74. The third-order valence-corrected chi connectivity index (χ3v) is 4.53. The molecule has 0 aromatic carbocycles. The second kappa shape index (κ2) is 6.26. The number of thioether (sulfide) groups is 1. The number of nitrogens with two attached hydrogens (primary N) is 1. The number of rotatable bonds is 2. The highest BCUT2D eigenvalue weighted by Gasteiger charge is 2.20. The maximum absolute atomic E-state index is 6.25. The van der Waals surface area contributed by atoms with Gasteiger partial charge in [-0.3, -0.25) is 0 Å². The van der Waals surface area contributed by atoms with E-state index in [0.29, 0.717) is 11.3 Å². The second-order valence-electron chi connectivity index (χ2n) is 4.48. The molecular weight excluding hydrogens is 216 g/mol. The first kappa shape index (κ1) is 11.9. The Morgan fingerprint density at radius 3 is 2.69 bits per heavy atom. The fourth-order valence-electron chi connectivity index (χ4n) is 2.20. The van der Waals surface area contributed by atoms with Crippen LogP contribution >= 0.6 is 11.8 Å². The highest BCUT2D eigenvalue weighted by Crippen LogP contribution is 2.30. The first-order chi connectivity index (χ1) is 7.86. The Hall–Kier alpha value is -0.540. The molecule has 2 rings (SSSR count). The fourth-order valence-corrected chi connectivity index (χ4v) is 3.38. The molecule has 0 aliphatic heterocycles. The molecule has 2 N–H and O–H groups in total. The molecule has 0 bridgehead atoms. The van der Waals surface area contributed by atoms with E-state index in [9.17, 15) is 0 Å². The fraction of sp³-hybridized carbons (Fsp3) is 0.615. The van der Waals surface area contributed by atoms with Gasteiger partial charge in [-0.25, -0.2) is 4.98 Å². The van der Waals surface area contributed by atoms with Crippen LogP contribution in [-0.2, 0) is 0 Å². The Morgan fingerprint density at radius 1 is 1.12 bits per heavy atom. The average Bonchev–Trinajstić information content (AvgIpc) is 2.30. The summed E-state index contributed by atoms with van der Waals surface area (Å²) in [6.45, 7) is 0. The molecule has 1 aromatic heterocycles. The van der Waals surface area contributed by atoms with Crippen molar-refractivity contribution in [3.05, 3.63) is 24.4 Å². The molecule has 1 aliphatic carbocycles. The van der Waals surface area contributed by atoms with Crippen molar-refractivity contribution in [2.75, 3.05) is 0 Å². The van der Waals surface area contributed by atoms with Crippen LogP contribution in [0.3, 0.4) is 0 Å². The normalized spacial score (nSPS) is 27.1. The summed E-state index contributed by atoms with van der Waals surface area (Å²) >= 11 is 1.86. The molecule has 1 aliphatic rings. The zero-order valence-corrected chi connectivity index (χ0v) is 10.5. The molecule has 0 spiro atoms. The van der Waals surface area contributed by atoms with Gasteiger partial charge in [-0.05, 0) is 25.0 Å². The molecule has 2 unspecified atom stereocenters. The van der Waals surface area contributed by atoms with Gasteiger partial charge >= 0.3 is 0 Å². The van der Waals surface area contributed by atoms with Crippen LogP contribution in [0.1, 0.15) is 38.5 Å². The Balaban J connectivity index is 1.95. The van der Waals surface area contributed by atoms with E-state index in [2.05, 4.69) is 11.1 Å². The smallest absolute Gasteiger partial charge is 0.0963 e. The lowest BCUT2D eigenvalue weighted by atomic mass is 9.97. The number of hydrogen-bond donors (Lipinski definition) is 1. The number of pyridine rings is 1. The van der Waals surface area contributed by atoms with Crippen LogP contribution in [-0.4, -0.2) is 16.3 Å². The van der Waals surface area contributed by atoms with Crippen molar-refractivity contribution in [3.8, 4) is 0 Å². The van der Waals surface area contributed by atoms with Crippen LogP contribution in [0.5, 0.6) is 0 Å². The van der Waals surface area contributed by atoms with Crippen LogP contribution in [0.15, 0.2) is 29.4 Å². The lowest BCUT2D eigenvalue weighted by molar-refractivity contribution is 0.463. The van der Waals surface area contributed by atoms with E-state index in [1.165, 1.54) is 38.5 Å². The molecule has 16 heavy (non-hydrogen) atoms. The summed E-state index contributed by atoms with van der Waals surface area (Å²) in [5.41, 5.74) is 6.25. The van der Waals surface area contributed by atoms with E-state index in [4.69, 9.17) is 5.73 Å². The third-order valence-electron chi connectivity index (χ3n) is 3.16. The molecule has 3 heteroatoms. The van der Waals surface area contributed by atoms with Crippen LogP contribution in [0.25, 0.3) is 0 Å². The van der Waals surface area contributed by atoms with Crippen LogP contribution in [0.2, 0.25) is 0 Å². The Bertz CT molecular complexity index is 302. The highest BCUT2D eigenvalue weighted by atomic mass is 32.2. The van der Waals surface area contributed by atoms with Gasteiger partial charge in [0.15, 0.2) is 0 Å². The molecule has 1 fully saturated rings. The van der Waals surface area contributed by atoms with E-state index in [1.54, 1.807) is 0 Å². The minimum Gasteiger partial charge on any atom is -0.327 e. The summed E-state index contributed by atoms with van der Waals surface area (Å²) in [5, 5.41) is 1.67. The maximum Gasteiger partial charge on any atom is 0.0963 e. The zero-order chi connectivity index (χ0) is 11.2. The molecule has 0 saturated heterocycles. The zero-order valence-electron chi connectivity index (χ0n) is 9.64. The molecule has 1 saturated carbocycles. The predicted molar refractivity (Wildman–Crippen MR) is 69.6 cm³/mol. The number of hydrogen-bond acceptors (Lipinski definition) is 3. The molecule has 1 aromatic rings. The number of aromatic nitrogens is 1. The lowest BCUT2D eigenvalue weighted by Gasteiger charge is -2.25. The molecule has 0 amide bonds. The summed E-state index contributed by atoms with van der Waals surface area (Å²) in [7, 11) is 0. The Kier molecular flexibility index (Phi) is 4.67. The summed E-state index contributed by atoms with van der Waals surface area (Å²) in [5.74, 6) is 0. The molecule has 2 atom stereocenters. The topological polar surface area (TPSA) is 38.9 Å². The first-order valence-corrected chi connectivity index (χ1v) is 7.07. The van der Waals surface area contributed by atoms with Gasteiger partial charge < -0.3 is 5.73 Å². The van der Waals surface area contributed by atoms with Crippen molar-refractivity contribution in [3.63, 3.8) is 0 Å². The van der Waals surface area contributed by atoms with E-state index in [1.807, 2.05) is 30.1 Å². The highest BCUT2D eigenvalue weighted by molar-refractivity contribution is 7.99. The SMILES string of the molecule is NC1CCCCCCC1Sc1ccccn1. The van der Waals surface area contributed by atoms with Crippen LogP contribution < -0.4 is 5.73 Å². The molecule has 88 valence electrons. The quantitative estimate of drug-likeness (QED) is 0.857. The van der Waals surface area contributed by atoms with Gasteiger partial charge in [-0.1, -0.05) is 31.7 Å². The van der Waals surface area contributed by atoms with Gasteiger partial charge in [0.2, 0.25) is 0 Å². The third kappa shape index (κ3) is 3.49. The van der Waals surface area contributed by atoms with E-state index < -0.39 is 0 Å². The average molecular weight is 236 g/mol. The molecular formula is C13H20N2S. The maximum atomic E-state index is 6.25. The summed E-state index contributed by atoms with van der Waals surface area (Å²) in [4.78, 5) is 4.37. The largest absolute Gasteiger partial charge is 0.327 e. The van der Waals surface area contributed by atoms with Gasteiger partial charge in [0.05, 0.1) is 5.03 Å². The van der Waals surface area contributed by atoms with Crippen molar-refractivity contribution in [2.24, 2.45) is 5.73 Å². The predicted octanol–water partition coefficient (Wildman–Crippen LogP) is 3.22. The van der Waals surface area contributed by atoms with Crippen molar-refractivity contribution in [2.45, 2.75) is 54.8 Å². The minimum atomic E-state index is 0.340. The van der Waals surface area contributed by atoms with Gasteiger partial charge in [0, 0.05) is 17.5 Å². The number of nitrogens with zero attached hydrogens (tertiary/aromatic N) is 1. The van der Waals surface area contributed by atoms with Gasteiger partial charge in [-0.2, -0.15) is 0 Å². The van der Waals surface area contributed by atoms with E-state index >= 15 is 0 Å². The Labute approximate surface area is 102 Å². The summed E-state index contributed by atoms with van der Waals surface area (Å²) in [6, 6.07) is 6.43. The van der Waals surface area contributed by atoms with Crippen molar-refractivity contribution in [1.82, 2.24) is 4.98 Å². The molecule has 0 radical (unpaired) electrons. The van der Waals surface area contributed by atoms with Gasteiger partial charge in [-0.15, -0.1) is 11.8 Å². The minimum absolute atomic E-state index is 0.340. The van der Waals surface area contributed by atoms with Gasteiger partial charge in [0.25, 0.3) is 0 Å².